The molecule has 0 fully saturated rings. The third-order valence-electron chi connectivity index (χ3n) is 1.65. The SMILES string of the molecule is FC(F)c1ccc(C(F)(F)F)c(CBr)n1. The van der Waals surface area contributed by atoms with Crippen molar-refractivity contribution in [1.29, 1.82) is 0 Å². The molecule has 1 aromatic rings. The van der Waals surface area contributed by atoms with E-state index in [1.165, 1.54) is 0 Å². The van der Waals surface area contributed by atoms with Gasteiger partial charge in [0.05, 0.1) is 11.3 Å². The van der Waals surface area contributed by atoms with Gasteiger partial charge in [-0.1, -0.05) is 15.9 Å². The van der Waals surface area contributed by atoms with Crippen LogP contribution in [0.2, 0.25) is 0 Å². The second kappa shape index (κ2) is 4.42. The van der Waals surface area contributed by atoms with Crippen LogP contribution in [0.3, 0.4) is 0 Å². The summed E-state index contributed by atoms with van der Waals surface area (Å²) >= 11 is 2.78. The van der Waals surface area contributed by atoms with E-state index in [1.54, 1.807) is 0 Å². The van der Waals surface area contributed by atoms with Crippen molar-refractivity contribution in [3.63, 3.8) is 0 Å². The van der Waals surface area contributed by atoms with Crippen LogP contribution in [0.15, 0.2) is 12.1 Å². The lowest BCUT2D eigenvalue weighted by atomic mass is 10.2. The first-order chi connectivity index (χ1) is 6.86. The minimum atomic E-state index is -4.57. The summed E-state index contributed by atoms with van der Waals surface area (Å²) < 4.78 is 61.3. The maximum absolute atomic E-state index is 12.3. The first-order valence-electron chi connectivity index (χ1n) is 3.77. The van der Waals surface area contributed by atoms with Gasteiger partial charge in [-0.15, -0.1) is 0 Å². The third-order valence-corrected chi connectivity index (χ3v) is 2.18. The Morgan fingerprint density at radius 2 is 1.87 bits per heavy atom. The van der Waals surface area contributed by atoms with Crippen molar-refractivity contribution in [1.82, 2.24) is 4.98 Å². The average Bonchev–Trinajstić information content (AvgIpc) is 2.15. The molecular weight excluding hydrogens is 285 g/mol. The van der Waals surface area contributed by atoms with E-state index in [0.29, 0.717) is 12.1 Å². The Kier molecular flexibility index (Phi) is 3.64. The van der Waals surface area contributed by atoms with E-state index in [-0.39, 0.29) is 5.33 Å². The van der Waals surface area contributed by atoms with E-state index in [0.717, 1.165) is 0 Å². The van der Waals surface area contributed by atoms with Gasteiger partial charge < -0.3 is 0 Å². The van der Waals surface area contributed by atoms with Gasteiger partial charge in [0.15, 0.2) is 0 Å². The fourth-order valence-electron chi connectivity index (χ4n) is 1.000. The molecule has 0 atom stereocenters. The molecule has 0 aliphatic rings. The minimum Gasteiger partial charge on any atom is -0.250 e. The van der Waals surface area contributed by atoms with E-state index >= 15 is 0 Å². The molecule has 0 aliphatic heterocycles. The molecule has 84 valence electrons. The fraction of sp³-hybridized carbons (Fsp3) is 0.375. The fourth-order valence-corrected chi connectivity index (χ4v) is 1.43. The highest BCUT2D eigenvalue weighted by molar-refractivity contribution is 9.08. The largest absolute Gasteiger partial charge is 0.418 e. The predicted octanol–water partition coefficient (Wildman–Crippen LogP) is 3.93. The minimum absolute atomic E-state index is 0.220. The van der Waals surface area contributed by atoms with E-state index in [9.17, 15) is 22.0 Å². The number of rotatable bonds is 2. The summed E-state index contributed by atoms with van der Waals surface area (Å²) in [4.78, 5) is 3.24. The number of alkyl halides is 6. The molecule has 0 bridgehead atoms. The zero-order valence-corrected chi connectivity index (χ0v) is 8.74. The first kappa shape index (κ1) is 12.4. The lowest BCUT2D eigenvalue weighted by Gasteiger charge is -2.11. The van der Waals surface area contributed by atoms with Gasteiger partial charge in [-0.05, 0) is 12.1 Å². The standard InChI is InChI=1S/C8H5BrF5N/c9-3-6-4(8(12,13)14)1-2-5(15-6)7(10)11/h1-2,7H,3H2. The Morgan fingerprint density at radius 3 is 2.27 bits per heavy atom. The lowest BCUT2D eigenvalue weighted by molar-refractivity contribution is -0.138. The zero-order valence-electron chi connectivity index (χ0n) is 7.15. The maximum atomic E-state index is 12.3. The van der Waals surface area contributed by atoms with Crippen LogP contribution in [0.25, 0.3) is 0 Å². The van der Waals surface area contributed by atoms with Gasteiger partial charge in [0.1, 0.15) is 5.69 Å². The molecule has 0 radical (unpaired) electrons. The molecule has 0 saturated carbocycles. The van der Waals surface area contributed by atoms with Crippen LogP contribution in [0.5, 0.6) is 0 Å². The highest BCUT2D eigenvalue weighted by Gasteiger charge is 2.34. The quantitative estimate of drug-likeness (QED) is 0.594. The summed E-state index contributed by atoms with van der Waals surface area (Å²) in [5, 5.41) is -0.220. The molecule has 0 N–H and O–H groups in total. The molecule has 7 heteroatoms. The summed E-state index contributed by atoms with van der Waals surface area (Å²) in [7, 11) is 0. The van der Waals surface area contributed by atoms with Crippen molar-refractivity contribution in [2.75, 3.05) is 0 Å². The molecule has 1 rings (SSSR count). The van der Waals surface area contributed by atoms with Crippen LogP contribution in [-0.2, 0) is 11.5 Å². The van der Waals surface area contributed by atoms with Gasteiger partial charge in [-0.25, -0.2) is 8.78 Å². The molecule has 0 saturated heterocycles. The van der Waals surface area contributed by atoms with Gasteiger partial charge in [-0.3, -0.25) is 4.98 Å². The molecule has 0 spiro atoms. The lowest BCUT2D eigenvalue weighted by Crippen LogP contribution is -2.11. The van der Waals surface area contributed by atoms with Gasteiger partial charge in [0.25, 0.3) is 6.43 Å². The molecule has 1 heterocycles. The second-order valence-corrected chi connectivity index (χ2v) is 3.22. The molecule has 0 amide bonds. The highest BCUT2D eigenvalue weighted by atomic mass is 79.9. The van der Waals surface area contributed by atoms with Crippen LogP contribution >= 0.6 is 15.9 Å². The number of nitrogens with zero attached hydrogens (tertiary/aromatic N) is 1. The zero-order chi connectivity index (χ0) is 11.6. The maximum Gasteiger partial charge on any atom is 0.418 e. The van der Waals surface area contributed by atoms with Gasteiger partial charge >= 0.3 is 6.18 Å². The smallest absolute Gasteiger partial charge is 0.250 e. The van der Waals surface area contributed by atoms with Crippen LogP contribution < -0.4 is 0 Å². The monoisotopic (exact) mass is 289 g/mol. The first-order valence-corrected chi connectivity index (χ1v) is 4.89. The topological polar surface area (TPSA) is 12.9 Å². The van der Waals surface area contributed by atoms with Gasteiger partial charge in [-0.2, -0.15) is 13.2 Å². The van der Waals surface area contributed by atoms with Crippen molar-refractivity contribution in [2.45, 2.75) is 17.9 Å². The Hall–Kier alpha value is -0.720. The molecule has 0 aromatic carbocycles. The molecule has 0 unspecified atom stereocenters. The number of hydrogen-bond acceptors (Lipinski definition) is 1. The Balaban J connectivity index is 3.21. The van der Waals surface area contributed by atoms with E-state index in [1.807, 2.05) is 0 Å². The van der Waals surface area contributed by atoms with E-state index < -0.39 is 29.6 Å². The Labute approximate surface area is 90.4 Å². The van der Waals surface area contributed by atoms with E-state index in [2.05, 4.69) is 20.9 Å². The third kappa shape index (κ3) is 2.87. The van der Waals surface area contributed by atoms with Crippen LogP contribution in [0.1, 0.15) is 23.4 Å². The number of aromatic nitrogens is 1. The molecule has 1 nitrogen and oxygen atoms in total. The predicted molar refractivity (Wildman–Crippen MR) is 46.8 cm³/mol. The van der Waals surface area contributed by atoms with E-state index in [4.69, 9.17) is 0 Å². The highest BCUT2D eigenvalue weighted by Crippen LogP contribution is 2.33. The van der Waals surface area contributed by atoms with Crippen LogP contribution in [0.4, 0.5) is 22.0 Å². The van der Waals surface area contributed by atoms with Crippen LogP contribution in [-0.4, -0.2) is 4.98 Å². The average molecular weight is 290 g/mol. The number of pyridine rings is 1. The second-order valence-electron chi connectivity index (χ2n) is 2.66. The molecule has 1 aromatic heterocycles. The van der Waals surface area contributed by atoms with Gasteiger partial charge in [0.2, 0.25) is 0 Å². The normalized spacial score (nSPS) is 12.2. The summed E-state index contributed by atoms with van der Waals surface area (Å²) in [6.45, 7) is 0. The number of halogens is 6. The van der Waals surface area contributed by atoms with Crippen molar-refractivity contribution in [3.05, 3.63) is 29.1 Å². The summed E-state index contributed by atoms with van der Waals surface area (Å²) in [5.41, 5.74) is -2.08. The summed E-state index contributed by atoms with van der Waals surface area (Å²) in [5.74, 6) is 0. The Morgan fingerprint density at radius 1 is 1.27 bits per heavy atom. The number of hydrogen-bond donors (Lipinski definition) is 0. The van der Waals surface area contributed by atoms with Crippen molar-refractivity contribution in [2.24, 2.45) is 0 Å². The summed E-state index contributed by atoms with van der Waals surface area (Å²) in [6.07, 6.45) is -7.44. The molecular formula is C8H5BrF5N. The van der Waals surface area contributed by atoms with Crippen molar-refractivity contribution < 1.29 is 22.0 Å². The molecule has 15 heavy (non-hydrogen) atoms. The van der Waals surface area contributed by atoms with Gasteiger partial charge in [0, 0.05) is 5.33 Å². The summed E-state index contributed by atoms with van der Waals surface area (Å²) in [6, 6.07) is 1.30. The van der Waals surface area contributed by atoms with Crippen molar-refractivity contribution >= 4 is 15.9 Å². The van der Waals surface area contributed by atoms with Crippen LogP contribution in [0, 0.1) is 0 Å². The molecule has 0 aliphatic carbocycles. The van der Waals surface area contributed by atoms with Crippen molar-refractivity contribution in [3.8, 4) is 0 Å². The Bertz CT molecular complexity index is 349.